The second kappa shape index (κ2) is 6.67. The number of piperidine rings is 1. The van der Waals surface area contributed by atoms with E-state index < -0.39 is 0 Å². The lowest BCUT2D eigenvalue weighted by Crippen LogP contribution is -2.37. The summed E-state index contributed by atoms with van der Waals surface area (Å²) in [5.74, 6) is 1.25. The molecular formula is C22H23N3. The van der Waals surface area contributed by atoms with Crippen LogP contribution >= 0.6 is 0 Å². The second-order valence-corrected chi connectivity index (χ2v) is 6.88. The zero-order chi connectivity index (χ0) is 17.2. The summed E-state index contributed by atoms with van der Waals surface area (Å²) < 4.78 is 0. The molecule has 1 aliphatic rings. The van der Waals surface area contributed by atoms with E-state index in [0.717, 1.165) is 48.1 Å². The molecule has 3 heteroatoms. The first-order chi connectivity index (χ1) is 12.2. The predicted molar refractivity (Wildman–Crippen MR) is 103 cm³/mol. The van der Waals surface area contributed by atoms with Gasteiger partial charge in [-0.05, 0) is 55.5 Å². The van der Waals surface area contributed by atoms with Crippen molar-refractivity contribution >= 4 is 16.7 Å². The molecule has 126 valence electrons. The van der Waals surface area contributed by atoms with Crippen LogP contribution in [0.2, 0.25) is 0 Å². The Labute approximate surface area is 148 Å². The highest BCUT2D eigenvalue weighted by atomic mass is 15.2. The number of aryl methyl sites for hydroxylation is 1. The topological polar surface area (TPSA) is 40.0 Å². The standard InChI is InChI=1S/C22H23N3/c1-16-7-8-19-15-20(9-10-21(19)24-16)22(23)25-13-11-18(12-14-25)17-5-3-2-4-6-17/h2-10,15,18,23H,11-14H2,1H3. The molecule has 0 atom stereocenters. The number of amidine groups is 1. The maximum atomic E-state index is 8.62. The summed E-state index contributed by atoms with van der Waals surface area (Å²) >= 11 is 0. The van der Waals surface area contributed by atoms with E-state index >= 15 is 0 Å². The second-order valence-electron chi connectivity index (χ2n) is 6.88. The summed E-state index contributed by atoms with van der Waals surface area (Å²) in [6, 6.07) is 21.0. The van der Waals surface area contributed by atoms with Gasteiger partial charge in [0.15, 0.2) is 0 Å². The molecule has 0 unspecified atom stereocenters. The van der Waals surface area contributed by atoms with Gasteiger partial charge in [-0.3, -0.25) is 10.4 Å². The van der Waals surface area contributed by atoms with Crippen LogP contribution in [0.3, 0.4) is 0 Å². The van der Waals surface area contributed by atoms with Crippen LogP contribution in [-0.2, 0) is 0 Å². The van der Waals surface area contributed by atoms with Crippen LogP contribution in [-0.4, -0.2) is 28.8 Å². The van der Waals surface area contributed by atoms with Crippen LogP contribution in [0, 0.1) is 12.3 Å². The quantitative estimate of drug-likeness (QED) is 0.544. The molecule has 2 aromatic carbocycles. The molecule has 4 rings (SSSR count). The number of aromatic nitrogens is 1. The number of nitrogens with one attached hydrogen (secondary N) is 1. The minimum atomic E-state index is 0.619. The van der Waals surface area contributed by atoms with Gasteiger partial charge in [-0.1, -0.05) is 36.4 Å². The normalized spacial score (nSPS) is 15.5. The van der Waals surface area contributed by atoms with Crippen molar-refractivity contribution in [3.8, 4) is 0 Å². The average Bonchev–Trinajstić information content (AvgIpc) is 2.68. The first-order valence-corrected chi connectivity index (χ1v) is 8.97. The Morgan fingerprint density at radius 1 is 1.00 bits per heavy atom. The molecule has 0 radical (unpaired) electrons. The van der Waals surface area contributed by atoms with Crippen molar-refractivity contribution in [3.63, 3.8) is 0 Å². The summed E-state index contributed by atoms with van der Waals surface area (Å²) in [6.45, 7) is 3.90. The Balaban J connectivity index is 1.48. The number of rotatable bonds is 2. The Hall–Kier alpha value is -2.68. The predicted octanol–water partition coefficient (Wildman–Crippen LogP) is 4.75. The van der Waals surface area contributed by atoms with Gasteiger partial charge in [0, 0.05) is 29.7 Å². The fourth-order valence-corrected chi connectivity index (χ4v) is 3.72. The smallest absolute Gasteiger partial charge is 0.128 e. The van der Waals surface area contributed by atoms with Gasteiger partial charge in [-0.2, -0.15) is 0 Å². The number of likely N-dealkylation sites (tertiary alicyclic amines) is 1. The van der Waals surface area contributed by atoms with Gasteiger partial charge in [0.1, 0.15) is 5.84 Å². The Bertz CT molecular complexity index is 894. The highest BCUT2D eigenvalue weighted by molar-refractivity contribution is 5.99. The lowest BCUT2D eigenvalue weighted by molar-refractivity contribution is 0.312. The molecule has 2 heterocycles. The maximum absolute atomic E-state index is 8.62. The largest absolute Gasteiger partial charge is 0.357 e. The fourth-order valence-electron chi connectivity index (χ4n) is 3.72. The molecule has 0 bridgehead atoms. The van der Waals surface area contributed by atoms with Crippen LogP contribution in [0.4, 0.5) is 0 Å². The van der Waals surface area contributed by atoms with Crippen molar-refractivity contribution in [1.82, 2.24) is 9.88 Å². The number of pyridine rings is 1. The zero-order valence-electron chi connectivity index (χ0n) is 14.6. The molecule has 0 saturated carbocycles. The van der Waals surface area contributed by atoms with Gasteiger partial charge < -0.3 is 4.90 Å². The lowest BCUT2D eigenvalue weighted by Gasteiger charge is -2.34. The van der Waals surface area contributed by atoms with Crippen molar-refractivity contribution in [2.24, 2.45) is 0 Å². The van der Waals surface area contributed by atoms with Gasteiger partial charge in [0.25, 0.3) is 0 Å². The number of nitrogens with zero attached hydrogens (tertiary/aromatic N) is 2. The molecule has 0 amide bonds. The van der Waals surface area contributed by atoms with Crippen LogP contribution in [0.5, 0.6) is 0 Å². The van der Waals surface area contributed by atoms with Crippen molar-refractivity contribution in [3.05, 3.63) is 77.5 Å². The van der Waals surface area contributed by atoms with Crippen molar-refractivity contribution in [1.29, 1.82) is 5.41 Å². The maximum Gasteiger partial charge on any atom is 0.128 e. The molecule has 25 heavy (non-hydrogen) atoms. The minimum Gasteiger partial charge on any atom is -0.357 e. The summed E-state index contributed by atoms with van der Waals surface area (Å²) in [5.41, 5.74) is 4.44. The van der Waals surface area contributed by atoms with Crippen LogP contribution in [0.15, 0.2) is 60.7 Å². The van der Waals surface area contributed by atoms with E-state index in [9.17, 15) is 0 Å². The summed E-state index contributed by atoms with van der Waals surface area (Å²) in [5, 5.41) is 9.72. The van der Waals surface area contributed by atoms with Crippen LogP contribution in [0.25, 0.3) is 10.9 Å². The van der Waals surface area contributed by atoms with Crippen LogP contribution in [0.1, 0.15) is 35.6 Å². The van der Waals surface area contributed by atoms with E-state index in [4.69, 9.17) is 5.41 Å². The third kappa shape index (κ3) is 3.27. The van der Waals surface area contributed by atoms with Crippen molar-refractivity contribution < 1.29 is 0 Å². The summed E-state index contributed by atoms with van der Waals surface area (Å²) in [7, 11) is 0. The molecule has 0 aliphatic carbocycles. The van der Waals surface area contributed by atoms with Crippen LogP contribution < -0.4 is 0 Å². The summed E-state index contributed by atoms with van der Waals surface area (Å²) in [4.78, 5) is 6.76. The molecule has 1 aromatic heterocycles. The first-order valence-electron chi connectivity index (χ1n) is 8.97. The molecule has 1 saturated heterocycles. The van der Waals surface area contributed by atoms with Gasteiger partial charge >= 0.3 is 0 Å². The lowest BCUT2D eigenvalue weighted by atomic mass is 9.89. The van der Waals surface area contributed by atoms with E-state index in [1.165, 1.54) is 5.56 Å². The average molecular weight is 329 g/mol. The number of hydrogen-bond donors (Lipinski definition) is 1. The number of fused-ring (bicyclic) bond motifs is 1. The molecule has 3 aromatic rings. The van der Waals surface area contributed by atoms with E-state index in [2.05, 4.69) is 52.3 Å². The Kier molecular flexibility index (Phi) is 4.22. The third-order valence-electron chi connectivity index (χ3n) is 5.18. The summed E-state index contributed by atoms with van der Waals surface area (Å²) in [6.07, 6.45) is 2.22. The fraction of sp³-hybridized carbons (Fsp3) is 0.273. The highest BCUT2D eigenvalue weighted by Crippen LogP contribution is 2.28. The zero-order valence-corrected chi connectivity index (χ0v) is 14.6. The van der Waals surface area contributed by atoms with Gasteiger partial charge in [0.05, 0.1) is 5.52 Å². The molecule has 3 nitrogen and oxygen atoms in total. The first kappa shape index (κ1) is 15.8. The molecular weight excluding hydrogens is 306 g/mol. The number of hydrogen-bond acceptors (Lipinski definition) is 2. The molecule has 0 spiro atoms. The van der Waals surface area contributed by atoms with Gasteiger partial charge in [-0.25, -0.2) is 0 Å². The van der Waals surface area contributed by atoms with Crippen molar-refractivity contribution in [2.75, 3.05) is 13.1 Å². The third-order valence-corrected chi connectivity index (χ3v) is 5.18. The SMILES string of the molecule is Cc1ccc2cc(C(=N)N3CCC(c4ccccc4)CC3)ccc2n1. The molecule has 1 aliphatic heterocycles. The van der Waals surface area contributed by atoms with E-state index in [1.54, 1.807) is 0 Å². The monoisotopic (exact) mass is 329 g/mol. The minimum absolute atomic E-state index is 0.619. The van der Waals surface area contributed by atoms with Gasteiger partial charge in [-0.15, -0.1) is 0 Å². The highest BCUT2D eigenvalue weighted by Gasteiger charge is 2.22. The Morgan fingerprint density at radius 3 is 2.52 bits per heavy atom. The number of benzene rings is 2. The Morgan fingerprint density at radius 2 is 1.76 bits per heavy atom. The molecule has 1 N–H and O–H groups in total. The van der Waals surface area contributed by atoms with Gasteiger partial charge in [0.2, 0.25) is 0 Å². The van der Waals surface area contributed by atoms with E-state index in [-0.39, 0.29) is 0 Å². The van der Waals surface area contributed by atoms with E-state index in [1.807, 2.05) is 25.1 Å². The van der Waals surface area contributed by atoms with E-state index in [0.29, 0.717) is 11.8 Å². The van der Waals surface area contributed by atoms with Crippen molar-refractivity contribution in [2.45, 2.75) is 25.7 Å². The molecule has 1 fully saturated rings.